The number of benzene rings is 2. The van der Waals surface area contributed by atoms with E-state index in [1.165, 1.54) is 0 Å². The zero-order valence-electron chi connectivity index (χ0n) is 14.3. The fourth-order valence-corrected chi connectivity index (χ4v) is 3.69. The maximum Gasteiger partial charge on any atom is 0.251 e. The summed E-state index contributed by atoms with van der Waals surface area (Å²) in [5.74, 6) is -0.756. The van der Waals surface area contributed by atoms with Crippen LogP contribution in [0.15, 0.2) is 53.4 Å². The van der Waals surface area contributed by atoms with Crippen molar-refractivity contribution in [2.45, 2.75) is 31.2 Å². The van der Waals surface area contributed by atoms with E-state index < -0.39 is 22.7 Å². The second-order valence-electron chi connectivity index (χ2n) is 5.96. The summed E-state index contributed by atoms with van der Waals surface area (Å²) in [7, 11) is -1.25. The molecule has 0 aliphatic carbocycles. The molecular formula is C19H22N2O3S. The molecule has 2 aromatic carbocycles. The summed E-state index contributed by atoms with van der Waals surface area (Å²) in [5.41, 5.74) is 7.80. The average molecular weight is 358 g/mol. The molecule has 0 bridgehead atoms. The lowest BCUT2D eigenvalue weighted by molar-refractivity contribution is -0.119. The Labute approximate surface area is 150 Å². The van der Waals surface area contributed by atoms with Crippen LogP contribution in [0.4, 0.5) is 0 Å². The molecule has 2 rings (SSSR count). The van der Waals surface area contributed by atoms with E-state index in [2.05, 4.69) is 5.32 Å². The first-order valence-corrected chi connectivity index (χ1v) is 9.30. The molecular weight excluding hydrogens is 336 g/mol. The standard InChI is InChI=1S/C19H22N2O3S/c1-13-10-14(2)12-15(11-13)19(23)21-17(18(20)22)8-9-25(24)16-6-4-3-5-7-16/h3-7,10-12,17H,8-9H2,1-2H3,(H2,20,22)(H,21,23)/t17-,25-/m1/s1. The van der Waals surface area contributed by atoms with E-state index in [1.807, 2.05) is 26.0 Å². The van der Waals surface area contributed by atoms with Crippen LogP contribution in [-0.2, 0) is 15.6 Å². The maximum absolute atomic E-state index is 12.4. The molecule has 25 heavy (non-hydrogen) atoms. The minimum absolute atomic E-state index is 0.216. The van der Waals surface area contributed by atoms with Crippen molar-refractivity contribution in [2.24, 2.45) is 5.73 Å². The number of aryl methyl sites for hydroxylation is 2. The molecule has 0 heterocycles. The number of rotatable bonds is 7. The topological polar surface area (TPSA) is 89.3 Å². The van der Waals surface area contributed by atoms with Crippen molar-refractivity contribution < 1.29 is 13.8 Å². The van der Waals surface area contributed by atoms with E-state index in [4.69, 9.17) is 5.73 Å². The Morgan fingerprint density at radius 3 is 2.24 bits per heavy atom. The minimum Gasteiger partial charge on any atom is -0.368 e. The Morgan fingerprint density at radius 2 is 1.68 bits per heavy atom. The molecule has 0 saturated heterocycles. The number of nitrogens with two attached hydrogens (primary N) is 1. The van der Waals surface area contributed by atoms with Crippen molar-refractivity contribution in [1.82, 2.24) is 5.32 Å². The number of nitrogens with one attached hydrogen (secondary N) is 1. The van der Waals surface area contributed by atoms with Crippen molar-refractivity contribution in [3.8, 4) is 0 Å². The Hall–Kier alpha value is -2.47. The van der Waals surface area contributed by atoms with Gasteiger partial charge in [-0.25, -0.2) is 0 Å². The van der Waals surface area contributed by atoms with Gasteiger partial charge in [-0.3, -0.25) is 13.8 Å². The number of hydrogen-bond acceptors (Lipinski definition) is 3. The van der Waals surface area contributed by atoms with Gasteiger partial charge in [0.1, 0.15) is 6.04 Å². The Morgan fingerprint density at radius 1 is 1.08 bits per heavy atom. The van der Waals surface area contributed by atoms with Crippen LogP contribution >= 0.6 is 0 Å². The smallest absolute Gasteiger partial charge is 0.251 e. The first kappa shape index (κ1) is 18.9. The molecule has 5 nitrogen and oxygen atoms in total. The second kappa shape index (κ2) is 8.58. The average Bonchev–Trinajstić information content (AvgIpc) is 2.57. The van der Waals surface area contributed by atoms with E-state index >= 15 is 0 Å². The van der Waals surface area contributed by atoms with Gasteiger partial charge in [-0.05, 0) is 44.5 Å². The van der Waals surface area contributed by atoms with Gasteiger partial charge >= 0.3 is 0 Å². The van der Waals surface area contributed by atoms with Gasteiger partial charge in [-0.15, -0.1) is 0 Å². The molecule has 2 atom stereocenters. The van der Waals surface area contributed by atoms with Crippen LogP contribution in [0.3, 0.4) is 0 Å². The van der Waals surface area contributed by atoms with Crippen LogP contribution < -0.4 is 11.1 Å². The van der Waals surface area contributed by atoms with E-state index in [0.717, 1.165) is 11.1 Å². The molecule has 0 aliphatic rings. The zero-order valence-corrected chi connectivity index (χ0v) is 15.1. The number of primary amides is 1. The number of amides is 2. The Kier molecular flexibility index (Phi) is 6.47. The predicted octanol–water partition coefficient (Wildman–Crippen LogP) is 2.09. The number of carbonyl (C=O) groups is 2. The van der Waals surface area contributed by atoms with Crippen molar-refractivity contribution in [2.75, 3.05) is 5.75 Å². The molecule has 0 saturated carbocycles. The lowest BCUT2D eigenvalue weighted by Crippen LogP contribution is -2.45. The first-order chi connectivity index (χ1) is 11.9. The van der Waals surface area contributed by atoms with Crippen LogP contribution in [0.1, 0.15) is 27.9 Å². The molecule has 132 valence electrons. The van der Waals surface area contributed by atoms with Gasteiger partial charge in [-0.2, -0.15) is 0 Å². The fourth-order valence-electron chi connectivity index (χ4n) is 2.55. The lowest BCUT2D eigenvalue weighted by Gasteiger charge is -2.16. The van der Waals surface area contributed by atoms with E-state index in [1.54, 1.807) is 36.4 Å². The third kappa shape index (κ3) is 5.53. The SMILES string of the molecule is Cc1cc(C)cc(C(=O)N[C@H](CC[S@@](=O)c2ccccc2)C(N)=O)c1. The van der Waals surface area contributed by atoms with E-state index in [9.17, 15) is 13.8 Å². The molecule has 2 aromatic rings. The summed E-state index contributed by atoms with van der Waals surface area (Å²) in [6.07, 6.45) is 0.216. The number of hydrogen-bond donors (Lipinski definition) is 2. The van der Waals surface area contributed by atoms with Crippen LogP contribution in [0, 0.1) is 13.8 Å². The third-order valence-corrected chi connectivity index (χ3v) is 5.14. The predicted molar refractivity (Wildman–Crippen MR) is 98.7 cm³/mol. The van der Waals surface area contributed by atoms with Crippen LogP contribution in [0.25, 0.3) is 0 Å². The lowest BCUT2D eigenvalue weighted by atomic mass is 10.1. The van der Waals surface area contributed by atoms with Crippen LogP contribution in [0.5, 0.6) is 0 Å². The van der Waals surface area contributed by atoms with Crippen LogP contribution in [0.2, 0.25) is 0 Å². The summed E-state index contributed by atoms with van der Waals surface area (Å²) in [6.45, 7) is 3.80. The maximum atomic E-state index is 12.4. The monoisotopic (exact) mass is 358 g/mol. The fraction of sp³-hybridized carbons (Fsp3) is 0.263. The third-order valence-electron chi connectivity index (χ3n) is 3.73. The summed E-state index contributed by atoms with van der Waals surface area (Å²) < 4.78 is 12.3. The molecule has 0 spiro atoms. The highest BCUT2D eigenvalue weighted by molar-refractivity contribution is 7.85. The van der Waals surface area contributed by atoms with Crippen molar-refractivity contribution in [3.63, 3.8) is 0 Å². The minimum atomic E-state index is -1.25. The van der Waals surface area contributed by atoms with Gasteiger partial charge in [0.15, 0.2) is 0 Å². The molecule has 2 amide bonds. The quantitative estimate of drug-likeness (QED) is 0.794. The molecule has 0 aromatic heterocycles. The van der Waals surface area contributed by atoms with Crippen molar-refractivity contribution in [1.29, 1.82) is 0 Å². The first-order valence-electron chi connectivity index (χ1n) is 7.98. The summed E-state index contributed by atoms with van der Waals surface area (Å²) >= 11 is 0. The van der Waals surface area contributed by atoms with Crippen LogP contribution in [-0.4, -0.2) is 27.8 Å². The van der Waals surface area contributed by atoms with Gasteiger partial charge in [0, 0.05) is 16.2 Å². The Bertz CT molecular complexity index is 770. The zero-order chi connectivity index (χ0) is 18.4. The van der Waals surface area contributed by atoms with E-state index in [-0.39, 0.29) is 18.1 Å². The van der Waals surface area contributed by atoms with E-state index in [0.29, 0.717) is 10.5 Å². The molecule has 0 radical (unpaired) electrons. The van der Waals surface area contributed by atoms with Gasteiger partial charge in [-0.1, -0.05) is 35.4 Å². The second-order valence-corrected chi connectivity index (χ2v) is 7.53. The highest BCUT2D eigenvalue weighted by Crippen LogP contribution is 2.11. The molecule has 0 unspecified atom stereocenters. The largest absolute Gasteiger partial charge is 0.368 e. The van der Waals surface area contributed by atoms with Gasteiger partial charge < -0.3 is 11.1 Å². The van der Waals surface area contributed by atoms with Gasteiger partial charge in [0.2, 0.25) is 5.91 Å². The molecule has 0 aliphatic heterocycles. The molecule has 3 N–H and O–H groups in total. The summed E-state index contributed by atoms with van der Waals surface area (Å²) in [6, 6.07) is 13.6. The van der Waals surface area contributed by atoms with Crippen molar-refractivity contribution in [3.05, 3.63) is 65.2 Å². The van der Waals surface area contributed by atoms with Gasteiger partial charge in [0.25, 0.3) is 5.91 Å². The Balaban J connectivity index is 2.02. The summed E-state index contributed by atoms with van der Waals surface area (Å²) in [5, 5.41) is 2.65. The molecule has 6 heteroatoms. The number of carbonyl (C=O) groups excluding carboxylic acids is 2. The summed E-state index contributed by atoms with van der Waals surface area (Å²) in [4.78, 5) is 24.7. The normalized spacial score (nSPS) is 13.0. The highest BCUT2D eigenvalue weighted by atomic mass is 32.2. The van der Waals surface area contributed by atoms with Crippen molar-refractivity contribution >= 4 is 22.6 Å². The highest BCUT2D eigenvalue weighted by Gasteiger charge is 2.20. The molecule has 0 fully saturated rings. The van der Waals surface area contributed by atoms with Gasteiger partial charge in [0.05, 0.1) is 10.8 Å².